The predicted octanol–water partition coefficient (Wildman–Crippen LogP) is -0.340. The van der Waals surface area contributed by atoms with Crippen molar-refractivity contribution in [2.75, 3.05) is 0 Å². The van der Waals surface area contributed by atoms with Gasteiger partial charge in [-0.1, -0.05) is 0 Å². The first-order valence-corrected chi connectivity index (χ1v) is 2.27. The molecule has 0 aromatic carbocycles. The van der Waals surface area contributed by atoms with E-state index in [1.54, 1.807) is 0 Å². The number of amides is 2. The van der Waals surface area contributed by atoms with Gasteiger partial charge in [0, 0.05) is 6.92 Å². The van der Waals surface area contributed by atoms with E-state index >= 15 is 0 Å². The summed E-state index contributed by atoms with van der Waals surface area (Å²) in [6.07, 6.45) is -0.787. The molecule has 1 N–H and O–H groups in total. The third-order valence-corrected chi connectivity index (χ3v) is 0.917. The largest absolute Gasteiger partial charge is 0.418 e. The van der Waals surface area contributed by atoms with Crippen LogP contribution in [0.2, 0.25) is 0 Å². The third kappa shape index (κ3) is 0.826. The van der Waals surface area contributed by atoms with E-state index in [1.165, 1.54) is 0 Å². The molecule has 0 spiro atoms. The van der Waals surface area contributed by atoms with Gasteiger partial charge in [-0.3, -0.25) is 10.1 Å². The van der Waals surface area contributed by atoms with Gasteiger partial charge in [-0.2, -0.15) is 0 Å². The van der Waals surface area contributed by atoms with Gasteiger partial charge in [0.05, 0.1) is 0 Å². The molecule has 0 aliphatic carbocycles. The van der Waals surface area contributed by atoms with E-state index in [2.05, 4.69) is 18.6 Å². The van der Waals surface area contributed by atoms with E-state index in [0.29, 0.717) is 0 Å². The maximum atomic E-state index is 10.5. The highest BCUT2D eigenvalue weighted by molar-refractivity contribution is 6.03. The Morgan fingerprint density at radius 2 is 2.22 bits per heavy atom. The van der Waals surface area contributed by atoms with Crippen molar-refractivity contribution in [1.29, 1.82) is 0 Å². The summed E-state index contributed by atoms with van der Waals surface area (Å²) in [5.41, 5.74) is -1.48. The van der Waals surface area contributed by atoms with Crippen molar-refractivity contribution < 1.29 is 14.3 Å². The van der Waals surface area contributed by atoms with Crippen molar-refractivity contribution in [2.24, 2.45) is 0 Å². The molecule has 1 rings (SSSR count). The molecule has 2 amide bonds. The molecular weight excluding hydrogens is 122 g/mol. The average Bonchev–Trinajstić information content (AvgIpc) is 1.79. The van der Waals surface area contributed by atoms with Crippen LogP contribution in [0.4, 0.5) is 4.79 Å². The van der Waals surface area contributed by atoms with Crippen molar-refractivity contribution in [3.8, 4) is 0 Å². The second-order valence-electron chi connectivity index (χ2n) is 1.84. The fourth-order valence-corrected chi connectivity index (χ4v) is 0.456. The van der Waals surface area contributed by atoms with Gasteiger partial charge in [-0.05, 0) is 0 Å². The van der Waals surface area contributed by atoms with Crippen LogP contribution in [0.5, 0.6) is 0 Å². The summed E-state index contributed by atoms with van der Waals surface area (Å²) in [5, 5.41) is 1.88. The molecule has 1 radical (unpaired) electrons. The fourth-order valence-electron chi connectivity index (χ4n) is 0.456. The Morgan fingerprint density at radius 1 is 1.67 bits per heavy atom. The van der Waals surface area contributed by atoms with Gasteiger partial charge < -0.3 is 4.74 Å². The smallest absolute Gasteiger partial charge is 0.392 e. The zero-order valence-electron chi connectivity index (χ0n) is 4.64. The van der Waals surface area contributed by atoms with Crippen LogP contribution in [0.3, 0.4) is 0 Å². The SMILES string of the molecule is [CH2]C1([CH2+])OC(=O)NC1=O. The first kappa shape index (κ1) is 5.94. The van der Waals surface area contributed by atoms with Crippen LogP contribution in [-0.2, 0) is 9.53 Å². The van der Waals surface area contributed by atoms with E-state index in [1.807, 2.05) is 5.32 Å². The van der Waals surface area contributed by atoms with Crippen LogP contribution in [0.15, 0.2) is 0 Å². The number of hydrogen-bond donors (Lipinski definition) is 1. The molecule has 0 bridgehead atoms. The Labute approximate surface area is 52.2 Å². The molecule has 0 unspecified atom stereocenters. The quantitative estimate of drug-likeness (QED) is 0.453. The summed E-state index contributed by atoms with van der Waals surface area (Å²) in [6, 6.07) is 0. The van der Waals surface area contributed by atoms with Crippen molar-refractivity contribution in [2.45, 2.75) is 5.60 Å². The first-order chi connectivity index (χ1) is 4.02. The molecular formula is C5H5NO3+. The lowest BCUT2D eigenvalue weighted by Crippen LogP contribution is -2.32. The third-order valence-electron chi connectivity index (χ3n) is 0.917. The molecule has 0 saturated carbocycles. The minimum absolute atomic E-state index is 0.604. The van der Waals surface area contributed by atoms with Crippen LogP contribution < -0.4 is 5.32 Å². The van der Waals surface area contributed by atoms with Gasteiger partial charge >= 0.3 is 17.6 Å². The Kier molecular flexibility index (Phi) is 0.924. The van der Waals surface area contributed by atoms with Crippen molar-refractivity contribution >= 4 is 12.0 Å². The maximum absolute atomic E-state index is 10.5. The fraction of sp³-hybridized carbons (Fsp3) is 0.200. The van der Waals surface area contributed by atoms with Crippen molar-refractivity contribution in [3.05, 3.63) is 13.8 Å². The molecule has 0 aromatic rings. The number of ether oxygens (including phenoxy) is 1. The first-order valence-electron chi connectivity index (χ1n) is 2.27. The van der Waals surface area contributed by atoms with Crippen LogP contribution in [0.1, 0.15) is 0 Å². The number of imide groups is 1. The zero-order chi connectivity index (χ0) is 7.07. The van der Waals surface area contributed by atoms with Crippen LogP contribution in [-0.4, -0.2) is 17.6 Å². The zero-order valence-corrected chi connectivity index (χ0v) is 4.64. The predicted molar refractivity (Wildman–Crippen MR) is 28.1 cm³/mol. The average molecular weight is 127 g/mol. The number of carbonyl (C=O) groups excluding carboxylic acids is 2. The van der Waals surface area contributed by atoms with E-state index in [0.717, 1.165) is 0 Å². The number of nitrogens with one attached hydrogen (secondary N) is 1. The Morgan fingerprint density at radius 3 is 2.33 bits per heavy atom. The molecule has 9 heavy (non-hydrogen) atoms. The van der Waals surface area contributed by atoms with Gasteiger partial charge in [-0.25, -0.2) is 4.79 Å². The molecule has 4 heteroatoms. The second kappa shape index (κ2) is 1.40. The standard InChI is InChI=1S/C5H4NO3/c1-5(2)3(7)6-4(8)9-5/h1-2H2/p+1. The molecule has 1 fully saturated rings. The van der Waals surface area contributed by atoms with Gasteiger partial charge in [0.2, 0.25) is 0 Å². The Hall–Kier alpha value is -1.19. The van der Waals surface area contributed by atoms with Crippen molar-refractivity contribution in [3.63, 3.8) is 0 Å². The number of cyclic esters (lactones) is 1. The molecule has 1 heterocycles. The van der Waals surface area contributed by atoms with Gasteiger partial charge in [-0.15, -0.1) is 0 Å². The highest BCUT2D eigenvalue weighted by Crippen LogP contribution is 2.13. The molecule has 1 saturated heterocycles. The maximum Gasteiger partial charge on any atom is 0.418 e. The van der Waals surface area contributed by atoms with Crippen LogP contribution in [0.25, 0.3) is 0 Å². The molecule has 0 aromatic heterocycles. The lowest BCUT2D eigenvalue weighted by Gasteiger charge is -2.00. The number of alkyl carbamates (subject to hydrolysis) is 1. The normalized spacial score (nSPS) is 33.9. The summed E-state index contributed by atoms with van der Waals surface area (Å²) in [6.45, 7) is 6.47. The highest BCUT2D eigenvalue weighted by Gasteiger charge is 2.47. The summed E-state index contributed by atoms with van der Waals surface area (Å²) in [7, 11) is 0. The topological polar surface area (TPSA) is 55.4 Å². The summed E-state index contributed by atoms with van der Waals surface area (Å²) in [5.74, 6) is -0.604. The van der Waals surface area contributed by atoms with E-state index in [-0.39, 0.29) is 0 Å². The van der Waals surface area contributed by atoms with Gasteiger partial charge in [0.15, 0.2) is 0 Å². The molecule has 1 aliphatic rings. The Bertz CT molecular complexity index is 173. The van der Waals surface area contributed by atoms with Crippen LogP contribution in [0, 0.1) is 13.8 Å². The van der Waals surface area contributed by atoms with Crippen LogP contribution >= 0.6 is 0 Å². The minimum Gasteiger partial charge on any atom is -0.392 e. The summed E-state index contributed by atoms with van der Waals surface area (Å²) < 4.78 is 4.34. The van der Waals surface area contributed by atoms with E-state index < -0.39 is 17.6 Å². The van der Waals surface area contributed by atoms with Crippen molar-refractivity contribution in [1.82, 2.24) is 5.32 Å². The number of rotatable bonds is 0. The van der Waals surface area contributed by atoms with E-state index in [9.17, 15) is 9.59 Å². The Balaban J connectivity index is 2.81. The number of hydrogen-bond acceptors (Lipinski definition) is 3. The lowest BCUT2D eigenvalue weighted by molar-refractivity contribution is -0.125. The molecule has 1 aliphatic heterocycles. The monoisotopic (exact) mass is 127 g/mol. The molecule has 4 nitrogen and oxygen atoms in total. The van der Waals surface area contributed by atoms with E-state index in [4.69, 9.17) is 0 Å². The highest BCUT2D eigenvalue weighted by atomic mass is 16.6. The van der Waals surface area contributed by atoms with Gasteiger partial charge in [0.1, 0.15) is 6.92 Å². The lowest BCUT2D eigenvalue weighted by atomic mass is 10.1. The molecule has 0 atom stereocenters. The summed E-state index contributed by atoms with van der Waals surface area (Å²) in [4.78, 5) is 20.8. The number of carbonyl (C=O) groups is 2. The summed E-state index contributed by atoms with van der Waals surface area (Å²) >= 11 is 0. The molecule has 47 valence electrons. The second-order valence-corrected chi connectivity index (χ2v) is 1.84. The van der Waals surface area contributed by atoms with Gasteiger partial charge in [0.25, 0.3) is 0 Å². The minimum atomic E-state index is -1.48.